The highest BCUT2D eigenvalue weighted by molar-refractivity contribution is 8.18. The maximum atomic E-state index is 12.1. The van der Waals surface area contributed by atoms with Crippen molar-refractivity contribution in [3.63, 3.8) is 0 Å². The lowest BCUT2D eigenvalue weighted by molar-refractivity contribution is -0.115. The summed E-state index contributed by atoms with van der Waals surface area (Å²) in [5.41, 5.74) is 1.88. The highest BCUT2D eigenvalue weighted by atomic mass is 32.2. The predicted octanol–water partition coefficient (Wildman–Crippen LogP) is 2.85. The zero-order chi connectivity index (χ0) is 15.6. The number of amides is 1. The maximum Gasteiger partial charge on any atom is 0.264 e. The summed E-state index contributed by atoms with van der Waals surface area (Å²) >= 11 is 1.30. The summed E-state index contributed by atoms with van der Waals surface area (Å²) in [7, 11) is 0. The Morgan fingerprint density at radius 1 is 1.17 bits per heavy atom. The molecule has 3 aromatic rings. The fourth-order valence-corrected chi connectivity index (χ4v) is 3.07. The number of thioether (sulfide) groups is 1. The van der Waals surface area contributed by atoms with Crippen LogP contribution >= 0.6 is 11.8 Å². The average Bonchev–Trinajstić information content (AvgIpc) is 3.18. The molecule has 1 aliphatic rings. The van der Waals surface area contributed by atoms with E-state index in [1.165, 1.54) is 11.8 Å². The fraction of sp³-hybridized carbons (Fsp3) is 0. The van der Waals surface area contributed by atoms with E-state index in [-0.39, 0.29) is 5.91 Å². The molecule has 3 heterocycles. The van der Waals surface area contributed by atoms with Gasteiger partial charge in [0, 0.05) is 17.6 Å². The number of nitrogens with one attached hydrogen (secondary N) is 2. The Labute approximate surface area is 135 Å². The van der Waals surface area contributed by atoms with Crippen LogP contribution in [0, 0.1) is 0 Å². The van der Waals surface area contributed by atoms with Crippen LogP contribution in [0.25, 0.3) is 17.0 Å². The normalized spacial score (nSPS) is 18.0. The van der Waals surface area contributed by atoms with Crippen LogP contribution in [-0.4, -0.2) is 26.3 Å². The number of H-pyrrole nitrogens is 1. The molecule has 2 aromatic heterocycles. The first-order valence-electron chi connectivity index (χ1n) is 6.92. The van der Waals surface area contributed by atoms with Crippen molar-refractivity contribution in [2.45, 2.75) is 0 Å². The van der Waals surface area contributed by atoms with Crippen molar-refractivity contribution in [1.29, 1.82) is 0 Å². The van der Waals surface area contributed by atoms with Gasteiger partial charge in [-0.05, 0) is 41.6 Å². The van der Waals surface area contributed by atoms with Gasteiger partial charge < -0.3 is 5.32 Å². The van der Waals surface area contributed by atoms with Gasteiger partial charge in [-0.2, -0.15) is 5.10 Å². The van der Waals surface area contributed by atoms with Gasteiger partial charge in [0.15, 0.2) is 11.0 Å². The highest BCUT2D eigenvalue weighted by Crippen LogP contribution is 2.28. The van der Waals surface area contributed by atoms with Gasteiger partial charge in [-0.1, -0.05) is 12.1 Å². The monoisotopic (exact) mass is 321 g/mol. The molecule has 0 bridgehead atoms. The maximum absolute atomic E-state index is 12.1. The predicted molar refractivity (Wildman–Crippen MR) is 91.1 cm³/mol. The molecule has 0 saturated carbocycles. The largest absolute Gasteiger partial charge is 0.300 e. The van der Waals surface area contributed by atoms with E-state index in [0.29, 0.717) is 15.9 Å². The van der Waals surface area contributed by atoms with E-state index in [9.17, 15) is 4.79 Å². The number of carbonyl (C=O) groups is 1. The van der Waals surface area contributed by atoms with Crippen molar-refractivity contribution in [3.05, 3.63) is 59.3 Å². The Bertz CT molecular complexity index is 946. The van der Waals surface area contributed by atoms with Crippen LogP contribution in [0.3, 0.4) is 0 Å². The lowest BCUT2D eigenvalue weighted by atomic mass is 10.1. The Balaban J connectivity index is 1.63. The number of amidine groups is 1. The summed E-state index contributed by atoms with van der Waals surface area (Å²) in [6.45, 7) is 0. The van der Waals surface area contributed by atoms with E-state index in [4.69, 9.17) is 0 Å². The minimum atomic E-state index is -0.153. The summed E-state index contributed by atoms with van der Waals surface area (Å²) in [6, 6.07) is 11.5. The first-order chi connectivity index (χ1) is 11.3. The molecule has 1 aromatic carbocycles. The molecule has 23 heavy (non-hydrogen) atoms. The Morgan fingerprint density at radius 2 is 2.13 bits per heavy atom. The summed E-state index contributed by atoms with van der Waals surface area (Å²) in [5.74, 6) is 0.449. The average molecular weight is 321 g/mol. The summed E-state index contributed by atoms with van der Waals surface area (Å²) in [6.07, 6.45) is 5.22. The molecule has 1 amide bonds. The number of nitrogens with zero attached hydrogens (tertiary/aromatic N) is 3. The molecule has 1 aliphatic heterocycles. The highest BCUT2D eigenvalue weighted by Gasteiger charge is 2.23. The number of hydrogen-bond acceptors (Lipinski definition) is 5. The van der Waals surface area contributed by atoms with Crippen LogP contribution in [0.1, 0.15) is 5.56 Å². The number of aliphatic imine (C=N–C) groups is 1. The van der Waals surface area contributed by atoms with E-state index in [0.717, 1.165) is 16.5 Å². The van der Waals surface area contributed by atoms with Crippen LogP contribution in [-0.2, 0) is 4.79 Å². The van der Waals surface area contributed by atoms with Crippen molar-refractivity contribution in [2.75, 3.05) is 0 Å². The van der Waals surface area contributed by atoms with Crippen molar-refractivity contribution in [2.24, 2.45) is 4.99 Å². The molecule has 7 heteroatoms. The summed E-state index contributed by atoms with van der Waals surface area (Å²) in [5, 5.41) is 10.9. The third-order valence-corrected chi connectivity index (χ3v) is 4.19. The van der Waals surface area contributed by atoms with Crippen LogP contribution in [0.2, 0.25) is 0 Å². The lowest BCUT2D eigenvalue weighted by Gasteiger charge is -1.99. The fourth-order valence-electron chi connectivity index (χ4n) is 2.24. The van der Waals surface area contributed by atoms with E-state index in [2.05, 4.69) is 25.5 Å². The van der Waals surface area contributed by atoms with E-state index in [1.807, 2.05) is 36.4 Å². The second kappa shape index (κ2) is 5.69. The zero-order valence-electron chi connectivity index (χ0n) is 11.9. The number of aromatic nitrogens is 3. The third-order valence-electron chi connectivity index (χ3n) is 3.28. The molecule has 0 radical (unpaired) electrons. The van der Waals surface area contributed by atoms with Crippen LogP contribution in [0.15, 0.2) is 58.7 Å². The van der Waals surface area contributed by atoms with Crippen molar-refractivity contribution >= 4 is 45.6 Å². The number of rotatable bonds is 2. The third kappa shape index (κ3) is 2.86. The molecular formula is C16H11N5OS. The molecule has 1 fully saturated rings. The van der Waals surface area contributed by atoms with Gasteiger partial charge in [-0.25, -0.2) is 4.99 Å². The van der Waals surface area contributed by atoms with Crippen molar-refractivity contribution in [1.82, 2.24) is 20.5 Å². The van der Waals surface area contributed by atoms with Crippen LogP contribution in [0.4, 0.5) is 5.82 Å². The Morgan fingerprint density at radius 3 is 3.00 bits per heavy atom. The summed E-state index contributed by atoms with van der Waals surface area (Å²) < 4.78 is 0. The minimum Gasteiger partial charge on any atom is -0.300 e. The molecule has 112 valence electrons. The van der Waals surface area contributed by atoms with Gasteiger partial charge in [0.1, 0.15) is 0 Å². The number of benzene rings is 1. The van der Waals surface area contributed by atoms with Gasteiger partial charge >= 0.3 is 0 Å². The first kappa shape index (κ1) is 13.7. The Hall–Kier alpha value is -2.93. The number of pyridine rings is 1. The molecule has 1 saturated heterocycles. The van der Waals surface area contributed by atoms with E-state index in [1.54, 1.807) is 18.5 Å². The van der Waals surface area contributed by atoms with Crippen LogP contribution < -0.4 is 5.32 Å². The van der Waals surface area contributed by atoms with E-state index >= 15 is 0 Å². The van der Waals surface area contributed by atoms with Gasteiger partial charge in [0.2, 0.25) is 0 Å². The van der Waals surface area contributed by atoms with Gasteiger partial charge in [-0.15, -0.1) is 0 Å². The summed E-state index contributed by atoms with van der Waals surface area (Å²) in [4.78, 5) is 21.2. The van der Waals surface area contributed by atoms with Crippen LogP contribution in [0.5, 0.6) is 0 Å². The smallest absolute Gasteiger partial charge is 0.264 e. The molecular weight excluding hydrogens is 310 g/mol. The number of hydrogen-bond donors (Lipinski definition) is 2. The number of aromatic amines is 1. The number of fused-ring (bicyclic) bond motifs is 1. The second-order valence-electron chi connectivity index (χ2n) is 4.88. The van der Waals surface area contributed by atoms with Crippen molar-refractivity contribution < 1.29 is 4.79 Å². The molecule has 0 aliphatic carbocycles. The number of carbonyl (C=O) groups excluding carboxylic acids is 1. The SMILES string of the molecule is O=C1NC(=Nc2ccn[nH]2)S/C1=C\c1ccc2ncccc2c1. The van der Waals surface area contributed by atoms with Gasteiger partial charge in [0.25, 0.3) is 5.91 Å². The minimum absolute atomic E-state index is 0.153. The standard InChI is InChI=1S/C16H11N5OS/c22-15-13(23-16(20-15)19-14-5-7-18-21-14)9-10-3-4-12-11(8-10)2-1-6-17-12/h1-9H,(H2,18,19,20,21,22)/b13-9-. The molecule has 4 rings (SSSR count). The lowest BCUT2D eigenvalue weighted by Crippen LogP contribution is -2.19. The zero-order valence-corrected chi connectivity index (χ0v) is 12.7. The van der Waals surface area contributed by atoms with Crippen molar-refractivity contribution in [3.8, 4) is 0 Å². The molecule has 0 spiro atoms. The molecule has 2 N–H and O–H groups in total. The second-order valence-corrected chi connectivity index (χ2v) is 5.91. The van der Waals surface area contributed by atoms with E-state index < -0.39 is 0 Å². The first-order valence-corrected chi connectivity index (χ1v) is 7.73. The quantitative estimate of drug-likeness (QED) is 0.711. The molecule has 6 nitrogen and oxygen atoms in total. The molecule has 0 atom stereocenters. The van der Waals surface area contributed by atoms with Gasteiger partial charge in [0.05, 0.1) is 16.6 Å². The molecule has 0 unspecified atom stereocenters. The Kier molecular flexibility index (Phi) is 3.39. The van der Waals surface area contributed by atoms with Gasteiger partial charge in [-0.3, -0.25) is 14.9 Å². The topological polar surface area (TPSA) is 83.0 Å².